The Morgan fingerprint density at radius 2 is 1.56 bits per heavy atom. The molecule has 2 rings (SSSR count). The van der Waals surface area contributed by atoms with E-state index in [1.54, 1.807) is 24.3 Å². The van der Waals surface area contributed by atoms with Crippen molar-refractivity contribution < 1.29 is 13.6 Å². The van der Waals surface area contributed by atoms with Crippen molar-refractivity contribution in [1.29, 1.82) is 0 Å². The van der Waals surface area contributed by atoms with E-state index in [0.717, 1.165) is 12.1 Å². The molecule has 0 N–H and O–H groups in total. The monoisotopic (exact) mass is 266 g/mol. The summed E-state index contributed by atoms with van der Waals surface area (Å²) in [6.07, 6.45) is -0.0605. The molecule has 92 valence electrons. The molecular weight excluding hydrogens is 258 g/mol. The van der Waals surface area contributed by atoms with E-state index in [4.69, 9.17) is 11.6 Å². The maximum absolute atomic E-state index is 13.4. The van der Waals surface area contributed by atoms with Gasteiger partial charge in [0.1, 0.15) is 11.6 Å². The van der Waals surface area contributed by atoms with Crippen LogP contribution in [-0.4, -0.2) is 5.78 Å². The van der Waals surface area contributed by atoms with E-state index in [9.17, 15) is 13.6 Å². The van der Waals surface area contributed by atoms with Crippen LogP contribution in [0, 0.1) is 11.6 Å². The van der Waals surface area contributed by atoms with Gasteiger partial charge in [-0.05, 0) is 29.8 Å². The second-order valence-corrected chi connectivity index (χ2v) is 4.26. The van der Waals surface area contributed by atoms with Crippen molar-refractivity contribution in [2.24, 2.45) is 0 Å². The van der Waals surface area contributed by atoms with Crippen LogP contribution in [0.5, 0.6) is 0 Å². The third-order valence-electron chi connectivity index (χ3n) is 2.52. The molecule has 0 heterocycles. The van der Waals surface area contributed by atoms with Crippen LogP contribution in [0.3, 0.4) is 0 Å². The number of rotatable bonds is 3. The Kier molecular flexibility index (Phi) is 3.72. The minimum absolute atomic E-state index is 0.0605. The standard InChI is InChI=1S/C14H9ClF2O/c15-10-6-4-9(5-7-10)8-13(18)14-11(16)2-1-3-12(14)17/h1-7H,8H2. The molecule has 0 aliphatic carbocycles. The van der Waals surface area contributed by atoms with Crippen molar-refractivity contribution in [1.82, 2.24) is 0 Å². The highest BCUT2D eigenvalue weighted by Crippen LogP contribution is 2.16. The maximum Gasteiger partial charge on any atom is 0.173 e. The highest BCUT2D eigenvalue weighted by Gasteiger charge is 2.16. The topological polar surface area (TPSA) is 17.1 Å². The Morgan fingerprint density at radius 3 is 2.11 bits per heavy atom. The van der Waals surface area contributed by atoms with Crippen LogP contribution in [0.15, 0.2) is 42.5 Å². The van der Waals surface area contributed by atoms with Crippen molar-refractivity contribution in [2.45, 2.75) is 6.42 Å². The third-order valence-corrected chi connectivity index (χ3v) is 2.77. The zero-order valence-corrected chi connectivity index (χ0v) is 10.0. The van der Waals surface area contributed by atoms with Gasteiger partial charge in [-0.2, -0.15) is 0 Å². The first-order chi connectivity index (χ1) is 8.58. The van der Waals surface area contributed by atoms with Crippen LogP contribution in [0.25, 0.3) is 0 Å². The number of ketones is 1. The molecule has 18 heavy (non-hydrogen) atoms. The number of halogens is 3. The summed E-state index contributed by atoms with van der Waals surface area (Å²) in [5.41, 5.74) is 0.166. The van der Waals surface area contributed by atoms with Gasteiger partial charge < -0.3 is 0 Å². The van der Waals surface area contributed by atoms with E-state index >= 15 is 0 Å². The predicted molar refractivity (Wildman–Crippen MR) is 65.8 cm³/mol. The first-order valence-corrected chi connectivity index (χ1v) is 5.67. The molecule has 0 bridgehead atoms. The second-order valence-electron chi connectivity index (χ2n) is 3.82. The van der Waals surface area contributed by atoms with Crippen LogP contribution in [0.1, 0.15) is 15.9 Å². The second kappa shape index (κ2) is 5.27. The molecule has 0 aromatic heterocycles. The van der Waals surface area contributed by atoms with Crippen molar-refractivity contribution in [2.75, 3.05) is 0 Å². The lowest BCUT2D eigenvalue weighted by molar-refractivity contribution is 0.0985. The summed E-state index contributed by atoms with van der Waals surface area (Å²) >= 11 is 5.71. The molecule has 4 heteroatoms. The molecule has 0 fully saturated rings. The van der Waals surface area contributed by atoms with Gasteiger partial charge in [0.15, 0.2) is 5.78 Å². The fourth-order valence-corrected chi connectivity index (χ4v) is 1.77. The van der Waals surface area contributed by atoms with Crippen LogP contribution in [0.4, 0.5) is 8.78 Å². The maximum atomic E-state index is 13.4. The molecule has 0 atom stereocenters. The van der Waals surface area contributed by atoms with Crippen LogP contribution < -0.4 is 0 Å². The Balaban J connectivity index is 2.25. The van der Waals surface area contributed by atoms with Crippen molar-refractivity contribution >= 4 is 17.4 Å². The summed E-state index contributed by atoms with van der Waals surface area (Å²) in [6.45, 7) is 0. The lowest BCUT2D eigenvalue weighted by Gasteiger charge is -2.04. The molecule has 1 nitrogen and oxygen atoms in total. The molecule has 0 saturated carbocycles. The van der Waals surface area contributed by atoms with Crippen LogP contribution >= 0.6 is 11.6 Å². The fraction of sp³-hybridized carbons (Fsp3) is 0.0714. The summed E-state index contributed by atoms with van der Waals surface area (Å²) < 4.78 is 26.8. The highest BCUT2D eigenvalue weighted by molar-refractivity contribution is 6.30. The molecule has 2 aromatic rings. The molecular formula is C14H9ClF2O. The Bertz CT molecular complexity index is 559. The smallest absolute Gasteiger partial charge is 0.173 e. The quantitative estimate of drug-likeness (QED) is 0.766. The van der Waals surface area contributed by atoms with Gasteiger partial charge in [-0.3, -0.25) is 4.79 Å². The van der Waals surface area contributed by atoms with Gasteiger partial charge in [-0.1, -0.05) is 29.8 Å². The average molecular weight is 267 g/mol. The predicted octanol–water partition coefficient (Wildman–Crippen LogP) is 4.04. The minimum Gasteiger partial charge on any atom is -0.294 e. The molecule has 0 aliphatic rings. The van der Waals surface area contributed by atoms with Gasteiger partial charge in [0.25, 0.3) is 0 Å². The number of hydrogen-bond donors (Lipinski definition) is 0. The van der Waals surface area contributed by atoms with Gasteiger partial charge in [0, 0.05) is 11.4 Å². The Hall–Kier alpha value is -1.74. The lowest BCUT2D eigenvalue weighted by atomic mass is 10.0. The number of carbonyl (C=O) groups is 1. The minimum atomic E-state index is -0.839. The number of hydrogen-bond acceptors (Lipinski definition) is 1. The fourth-order valence-electron chi connectivity index (χ4n) is 1.64. The molecule has 0 unspecified atom stereocenters. The molecule has 0 amide bonds. The zero-order chi connectivity index (χ0) is 13.1. The summed E-state index contributed by atoms with van der Waals surface area (Å²) in [5.74, 6) is -2.27. The van der Waals surface area contributed by atoms with E-state index in [1.807, 2.05) is 0 Å². The number of Topliss-reactive ketones (excluding diaryl/α,β-unsaturated/α-hetero) is 1. The summed E-state index contributed by atoms with van der Waals surface area (Å²) in [5, 5.41) is 0.545. The van der Waals surface area contributed by atoms with Gasteiger partial charge in [0.05, 0.1) is 5.56 Å². The van der Waals surface area contributed by atoms with E-state index < -0.39 is 23.0 Å². The normalized spacial score (nSPS) is 10.4. The lowest BCUT2D eigenvalue weighted by Crippen LogP contribution is -2.08. The summed E-state index contributed by atoms with van der Waals surface area (Å²) in [7, 11) is 0. The molecule has 0 aliphatic heterocycles. The first-order valence-electron chi connectivity index (χ1n) is 5.29. The largest absolute Gasteiger partial charge is 0.294 e. The average Bonchev–Trinajstić information content (AvgIpc) is 2.32. The number of benzene rings is 2. The van der Waals surface area contributed by atoms with Crippen molar-refractivity contribution in [3.05, 3.63) is 70.2 Å². The van der Waals surface area contributed by atoms with Crippen LogP contribution in [0.2, 0.25) is 5.02 Å². The van der Waals surface area contributed by atoms with E-state index in [1.165, 1.54) is 6.07 Å². The van der Waals surface area contributed by atoms with Crippen molar-refractivity contribution in [3.8, 4) is 0 Å². The Labute approximate surface area is 108 Å². The van der Waals surface area contributed by atoms with Gasteiger partial charge in [-0.15, -0.1) is 0 Å². The van der Waals surface area contributed by atoms with Crippen LogP contribution in [-0.2, 0) is 6.42 Å². The summed E-state index contributed by atoms with van der Waals surface area (Å²) in [4.78, 5) is 11.8. The van der Waals surface area contributed by atoms with Gasteiger partial charge in [-0.25, -0.2) is 8.78 Å². The summed E-state index contributed by atoms with van der Waals surface area (Å²) in [6, 6.07) is 9.92. The van der Waals surface area contributed by atoms with E-state index in [2.05, 4.69) is 0 Å². The first kappa shape index (κ1) is 12.7. The van der Waals surface area contributed by atoms with Gasteiger partial charge in [0.2, 0.25) is 0 Å². The molecule has 0 radical (unpaired) electrons. The number of carbonyl (C=O) groups excluding carboxylic acids is 1. The van der Waals surface area contributed by atoms with Gasteiger partial charge >= 0.3 is 0 Å². The highest BCUT2D eigenvalue weighted by atomic mass is 35.5. The molecule has 0 spiro atoms. The SMILES string of the molecule is O=C(Cc1ccc(Cl)cc1)c1c(F)cccc1F. The van der Waals surface area contributed by atoms with E-state index in [-0.39, 0.29) is 6.42 Å². The third kappa shape index (κ3) is 2.74. The molecule has 2 aromatic carbocycles. The Morgan fingerprint density at radius 1 is 1.00 bits per heavy atom. The van der Waals surface area contributed by atoms with E-state index in [0.29, 0.717) is 10.6 Å². The zero-order valence-electron chi connectivity index (χ0n) is 9.29. The molecule has 0 saturated heterocycles. The van der Waals surface area contributed by atoms with Crippen molar-refractivity contribution in [3.63, 3.8) is 0 Å².